The molecule has 0 spiro atoms. The molecular weight excluding hydrogens is 508 g/mol. The van der Waals surface area contributed by atoms with Crippen LogP contribution in [0, 0.1) is 6.92 Å². The standard InChI is InChI=1S/C29H32N8OS/c1-17-10-18(6-7-19(17)12-30-27(38)24-14-31-28(39-24)29(2,3)4)25-20-11-22(35-26(20)33-16-32-25)21-13-34-37-9-8-36(5)15-23(21)37/h6-7,10-11,13-14,16H,8-9,12,15H2,1-5H3,(H,30,38)(H,32,33,35). The molecule has 10 heteroatoms. The number of aromatic amines is 1. The first kappa shape index (κ1) is 25.4. The predicted octanol–water partition coefficient (Wildman–Crippen LogP) is 4.93. The van der Waals surface area contributed by atoms with E-state index >= 15 is 0 Å². The second kappa shape index (κ2) is 9.69. The molecule has 200 valence electrons. The minimum Gasteiger partial charge on any atom is -0.347 e. The third kappa shape index (κ3) is 4.86. The summed E-state index contributed by atoms with van der Waals surface area (Å²) in [6.45, 7) is 11.6. The lowest BCUT2D eigenvalue weighted by Gasteiger charge is -2.24. The third-order valence-electron chi connectivity index (χ3n) is 7.20. The largest absolute Gasteiger partial charge is 0.347 e. The monoisotopic (exact) mass is 540 g/mol. The molecule has 0 saturated carbocycles. The van der Waals surface area contributed by atoms with E-state index in [-0.39, 0.29) is 11.3 Å². The number of amides is 1. The molecular formula is C29H32N8OS. The van der Waals surface area contributed by atoms with Gasteiger partial charge in [-0.05, 0) is 37.2 Å². The fourth-order valence-corrected chi connectivity index (χ4v) is 5.83. The Hall–Kier alpha value is -3.89. The summed E-state index contributed by atoms with van der Waals surface area (Å²) in [5, 5.41) is 9.57. The number of aryl methyl sites for hydroxylation is 1. The van der Waals surface area contributed by atoms with E-state index in [0.29, 0.717) is 11.4 Å². The maximum Gasteiger partial charge on any atom is 0.263 e. The Labute approximate surface area is 231 Å². The zero-order chi connectivity index (χ0) is 27.3. The molecule has 0 saturated heterocycles. The van der Waals surface area contributed by atoms with Crippen LogP contribution in [0.1, 0.15) is 52.3 Å². The summed E-state index contributed by atoms with van der Waals surface area (Å²) < 4.78 is 2.09. The van der Waals surface area contributed by atoms with Gasteiger partial charge in [0.25, 0.3) is 5.91 Å². The molecule has 6 rings (SSSR count). The Balaban J connectivity index is 1.23. The first-order chi connectivity index (χ1) is 18.7. The van der Waals surface area contributed by atoms with Crippen LogP contribution in [0.5, 0.6) is 0 Å². The van der Waals surface area contributed by atoms with E-state index in [1.54, 1.807) is 12.5 Å². The van der Waals surface area contributed by atoms with Crippen LogP contribution in [0.3, 0.4) is 0 Å². The number of nitrogens with one attached hydrogen (secondary N) is 2. The lowest BCUT2D eigenvalue weighted by atomic mass is 9.98. The SMILES string of the molecule is Cc1cc(-c2ncnc3[nH]c(-c4cnn5c4CN(C)CC5)cc23)ccc1CNC(=O)c1cnc(C(C)(C)C)s1. The smallest absolute Gasteiger partial charge is 0.263 e. The van der Waals surface area contributed by atoms with Crippen molar-refractivity contribution in [3.8, 4) is 22.5 Å². The number of rotatable bonds is 5. The molecule has 0 unspecified atom stereocenters. The molecule has 4 aromatic heterocycles. The van der Waals surface area contributed by atoms with E-state index in [1.807, 2.05) is 6.20 Å². The Bertz CT molecular complexity index is 1690. The van der Waals surface area contributed by atoms with Crippen LogP contribution in [0.15, 0.2) is 43.0 Å². The molecule has 0 bridgehead atoms. The summed E-state index contributed by atoms with van der Waals surface area (Å²) in [6, 6.07) is 8.37. The van der Waals surface area contributed by atoms with Gasteiger partial charge in [-0.25, -0.2) is 15.0 Å². The number of H-pyrrole nitrogens is 1. The van der Waals surface area contributed by atoms with Gasteiger partial charge in [0.2, 0.25) is 0 Å². The average molecular weight is 541 g/mol. The van der Waals surface area contributed by atoms with Crippen molar-refractivity contribution in [2.75, 3.05) is 13.6 Å². The first-order valence-electron chi connectivity index (χ1n) is 13.1. The van der Waals surface area contributed by atoms with Gasteiger partial charge < -0.3 is 10.3 Å². The maximum absolute atomic E-state index is 12.7. The van der Waals surface area contributed by atoms with Gasteiger partial charge in [-0.2, -0.15) is 5.10 Å². The molecule has 0 fully saturated rings. The Morgan fingerprint density at radius 3 is 2.74 bits per heavy atom. The molecule has 39 heavy (non-hydrogen) atoms. The first-order valence-corrected chi connectivity index (χ1v) is 13.9. The minimum atomic E-state index is -0.0996. The van der Waals surface area contributed by atoms with Crippen LogP contribution in [-0.4, -0.2) is 54.1 Å². The Morgan fingerprint density at radius 2 is 1.97 bits per heavy atom. The molecule has 2 N–H and O–H groups in total. The van der Waals surface area contributed by atoms with Crippen LogP contribution in [-0.2, 0) is 25.0 Å². The van der Waals surface area contributed by atoms with Crippen molar-refractivity contribution >= 4 is 28.3 Å². The molecule has 0 radical (unpaired) electrons. The van der Waals surface area contributed by atoms with Gasteiger partial charge in [-0.3, -0.25) is 14.4 Å². The lowest BCUT2D eigenvalue weighted by molar-refractivity contribution is 0.0954. The number of benzene rings is 1. The second-order valence-electron chi connectivity index (χ2n) is 11.2. The molecule has 1 aliphatic heterocycles. The fourth-order valence-electron chi connectivity index (χ4n) is 4.94. The normalized spacial score (nSPS) is 14.1. The van der Waals surface area contributed by atoms with E-state index in [0.717, 1.165) is 69.3 Å². The van der Waals surface area contributed by atoms with Crippen LogP contribution in [0.25, 0.3) is 33.5 Å². The number of aromatic nitrogens is 6. The number of thiazole rings is 1. The zero-order valence-electron chi connectivity index (χ0n) is 22.9. The van der Waals surface area contributed by atoms with Crippen molar-refractivity contribution in [3.05, 3.63) is 69.7 Å². The van der Waals surface area contributed by atoms with Crippen molar-refractivity contribution in [3.63, 3.8) is 0 Å². The van der Waals surface area contributed by atoms with Crippen molar-refractivity contribution in [2.45, 2.75) is 52.7 Å². The minimum absolute atomic E-state index is 0.0720. The van der Waals surface area contributed by atoms with Crippen LogP contribution >= 0.6 is 11.3 Å². The van der Waals surface area contributed by atoms with E-state index < -0.39 is 0 Å². The van der Waals surface area contributed by atoms with E-state index in [9.17, 15) is 4.79 Å². The maximum atomic E-state index is 12.7. The van der Waals surface area contributed by atoms with Crippen LogP contribution in [0.2, 0.25) is 0 Å². The average Bonchev–Trinajstić information content (AvgIpc) is 3.65. The van der Waals surface area contributed by atoms with Crippen LogP contribution in [0.4, 0.5) is 0 Å². The lowest BCUT2D eigenvalue weighted by Crippen LogP contribution is -2.30. The molecule has 9 nitrogen and oxygen atoms in total. The van der Waals surface area contributed by atoms with Gasteiger partial charge in [-0.1, -0.05) is 32.9 Å². The van der Waals surface area contributed by atoms with Gasteiger partial charge in [0, 0.05) is 41.6 Å². The highest BCUT2D eigenvalue weighted by atomic mass is 32.1. The quantitative estimate of drug-likeness (QED) is 0.328. The number of hydrogen-bond donors (Lipinski definition) is 2. The van der Waals surface area contributed by atoms with Crippen molar-refractivity contribution in [1.29, 1.82) is 0 Å². The highest BCUT2D eigenvalue weighted by Gasteiger charge is 2.22. The fraction of sp³-hybridized carbons (Fsp3) is 0.345. The summed E-state index contributed by atoms with van der Waals surface area (Å²) in [6.07, 6.45) is 5.21. The Morgan fingerprint density at radius 1 is 1.13 bits per heavy atom. The highest BCUT2D eigenvalue weighted by molar-refractivity contribution is 7.13. The number of nitrogens with zero attached hydrogens (tertiary/aromatic N) is 6. The van der Waals surface area contributed by atoms with Gasteiger partial charge >= 0.3 is 0 Å². The Kier molecular flexibility index (Phi) is 6.31. The van der Waals surface area contributed by atoms with E-state index in [1.165, 1.54) is 17.0 Å². The number of fused-ring (bicyclic) bond motifs is 2. The molecule has 5 aromatic rings. The summed E-state index contributed by atoms with van der Waals surface area (Å²) in [5.74, 6) is -0.0996. The number of likely N-dealkylation sites (N-methyl/N-ethyl adjacent to an activating group) is 1. The molecule has 5 heterocycles. The highest BCUT2D eigenvalue weighted by Crippen LogP contribution is 2.33. The topological polar surface area (TPSA) is 105 Å². The van der Waals surface area contributed by atoms with Crippen molar-refractivity contribution < 1.29 is 4.79 Å². The summed E-state index contributed by atoms with van der Waals surface area (Å²) in [5.41, 5.74) is 8.06. The third-order valence-corrected chi connectivity index (χ3v) is 8.63. The van der Waals surface area contributed by atoms with Crippen molar-refractivity contribution in [2.24, 2.45) is 0 Å². The number of carbonyl (C=O) groups excluding carboxylic acids is 1. The molecule has 0 atom stereocenters. The second-order valence-corrected chi connectivity index (χ2v) is 12.3. The number of hydrogen-bond acceptors (Lipinski definition) is 7. The van der Waals surface area contributed by atoms with E-state index in [2.05, 4.69) is 98.9 Å². The molecule has 1 amide bonds. The summed E-state index contributed by atoms with van der Waals surface area (Å²) in [4.78, 5) is 32.7. The van der Waals surface area contributed by atoms with Gasteiger partial charge in [0.15, 0.2) is 0 Å². The molecule has 1 aliphatic rings. The van der Waals surface area contributed by atoms with E-state index in [4.69, 9.17) is 0 Å². The van der Waals surface area contributed by atoms with Gasteiger partial charge in [0.1, 0.15) is 16.9 Å². The molecule has 0 aliphatic carbocycles. The predicted molar refractivity (Wildman–Crippen MR) is 154 cm³/mol. The van der Waals surface area contributed by atoms with Gasteiger partial charge in [0.05, 0.1) is 41.0 Å². The molecule has 1 aromatic carbocycles. The van der Waals surface area contributed by atoms with Crippen LogP contribution < -0.4 is 5.32 Å². The number of carbonyl (C=O) groups is 1. The zero-order valence-corrected chi connectivity index (χ0v) is 23.7. The van der Waals surface area contributed by atoms with Gasteiger partial charge in [-0.15, -0.1) is 11.3 Å². The summed E-state index contributed by atoms with van der Waals surface area (Å²) in [7, 11) is 2.13. The summed E-state index contributed by atoms with van der Waals surface area (Å²) >= 11 is 1.45. The van der Waals surface area contributed by atoms with Crippen molar-refractivity contribution in [1.82, 2.24) is 39.9 Å².